The molecule has 0 heterocycles. The van der Waals surface area contributed by atoms with E-state index in [-0.39, 0.29) is 32.8 Å². The summed E-state index contributed by atoms with van der Waals surface area (Å²) in [7, 11) is 0. The molecule has 4 N–H and O–H groups in total. The minimum atomic E-state index is -0.409. The molecule has 124 valence electrons. The fourth-order valence-corrected chi connectivity index (χ4v) is 4.28. The Bertz CT molecular complexity index is 666. The minimum absolute atomic E-state index is 0.0418. The maximum Gasteiger partial charge on any atom is 0.255 e. The third kappa shape index (κ3) is 2.76. The van der Waals surface area contributed by atoms with Crippen molar-refractivity contribution >= 4 is 35.0 Å². The number of primary amides is 1. The third-order valence-electron chi connectivity index (χ3n) is 5.42. The molecule has 0 unspecified atom stereocenters. The smallest absolute Gasteiger partial charge is 0.255 e. The van der Waals surface area contributed by atoms with Gasteiger partial charge in [0.05, 0.1) is 10.6 Å². The molecule has 1 aromatic rings. The Morgan fingerprint density at radius 3 is 2.17 bits per heavy atom. The first-order chi connectivity index (χ1) is 10.8. The van der Waals surface area contributed by atoms with Gasteiger partial charge in [0.1, 0.15) is 5.75 Å². The van der Waals surface area contributed by atoms with Crippen LogP contribution >= 0.6 is 23.2 Å². The Hall–Kier alpha value is -1.46. The van der Waals surface area contributed by atoms with Gasteiger partial charge < -0.3 is 16.2 Å². The molecule has 3 fully saturated rings. The van der Waals surface area contributed by atoms with Gasteiger partial charge in [0, 0.05) is 16.0 Å². The van der Waals surface area contributed by atoms with E-state index in [1.165, 1.54) is 12.1 Å². The summed E-state index contributed by atoms with van der Waals surface area (Å²) in [6, 6.07) is 2.78. The van der Waals surface area contributed by atoms with Crippen molar-refractivity contribution in [2.45, 2.75) is 44.1 Å². The lowest BCUT2D eigenvalue weighted by Crippen LogP contribution is -2.59. The summed E-state index contributed by atoms with van der Waals surface area (Å²) < 4.78 is 0. The van der Waals surface area contributed by atoms with E-state index in [1.807, 2.05) is 0 Å². The van der Waals surface area contributed by atoms with Gasteiger partial charge in [-0.15, -0.1) is 0 Å². The van der Waals surface area contributed by atoms with Crippen molar-refractivity contribution in [2.75, 3.05) is 0 Å². The Morgan fingerprint density at radius 2 is 1.65 bits per heavy atom. The Balaban J connectivity index is 1.79. The Kier molecular flexibility index (Phi) is 3.97. The molecular formula is C16H18Cl2N2O3. The van der Waals surface area contributed by atoms with Crippen molar-refractivity contribution in [1.82, 2.24) is 5.32 Å². The number of phenols is 1. The fraction of sp³-hybridized carbons (Fsp3) is 0.500. The Morgan fingerprint density at radius 1 is 1.09 bits per heavy atom. The number of hydrogen-bond acceptors (Lipinski definition) is 3. The standard InChI is InChI=1S/C16H18Cl2N2O3/c17-9-7-10(12(21)11(18)8-9)13(22)20-16-4-1-15(2-5-16,3-6-16)14(19)23/h7-8,21H,1-6H2,(H2,19,23)(H,20,22). The molecule has 2 amide bonds. The second-order valence-corrected chi connectivity index (χ2v) is 7.51. The molecule has 4 rings (SSSR count). The van der Waals surface area contributed by atoms with Crippen LogP contribution in [0.3, 0.4) is 0 Å². The van der Waals surface area contributed by atoms with Crippen LogP contribution in [-0.2, 0) is 4.79 Å². The van der Waals surface area contributed by atoms with Crippen molar-refractivity contribution in [2.24, 2.45) is 11.1 Å². The van der Waals surface area contributed by atoms with Gasteiger partial charge in [-0.1, -0.05) is 23.2 Å². The summed E-state index contributed by atoms with van der Waals surface area (Å²) in [6.45, 7) is 0. The zero-order valence-corrected chi connectivity index (χ0v) is 14.0. The van der Waals surface area contributed by atoms with E-state index in [1.54, 1.807) is 0 Å². The molecule has 0 atom stereocenters. The number of benzene rings is 1. The summed E-state index contributed by atoms with van der Waals surface area (Å²) in [5.74, 6) is -0.917. The summed E-state index contributed by atoms with van der Waals surface area (Å²) >= 11 is 11.8. The molecule has 2 bridgehead atoms. The van der Waals surface area contributed by atoms with Crippen molar-refractivity contribution in [1.29, 1.82) is 0 Å². The van der Waals surface area contributed by atoms with Crippen LogP contribution in [0.25, 0.3) is 0 Å². The molecule has 3 aliphatic carbocycles. The number of phenolic OH excluding ortho intramolecular Hbond substituents is 1. The van der Waals surface area contributed by atoms with Crippen LogP contribution in [-0.4, -0.2) is 22.5 Å². The average Bonchev–Trinajstić information content (AvgIpc) is 2.52. The van der Waals surface area contributed by atoms with E-state index in [2.05, 4.69) is 5.32 Å². The lowest BCUT2D eigenvalue weighted by atomic mass is 9.57. The molecule has 3 saturated carbocycles. The van der Waals surface area contributed by atoms with Gasteiger partial charge in [0.15, 0.2) is 0 Å². The first-order valence-corrected chi connectivity index (χ1v) is 8.33. The second-order valence-electron chi connectivity index (χ2n) is 6.66. The third-order valence-corrected chi connectivity index (χ3v) is 5.93. The molecule has 0 spiro atoms. The molecular weight excluding hydrogens is 339 g/mol. The monoisotopic (exact) mass is 356 g/mol. The summed E-state index contributed by atoms with van der Waals surface area (Å²) in [4.78, 5) is 24.2. The molecule has 1 aromatic carbocycles. The first kappa shape index (κ1) is 16.4. The number of hydrogen-bond donors (Lipinski definition) is 3. The van der Waals surface area contributed by atoms with Gasteiger partial charge in [-0.3, -0.25) is 9.59 Å². The van der Waals surface area contributed by atoms with Crippen LogP contribution < -0.4 is 11.1 Å². The summed E-state index contributed by atoms with van der Waals surface area (Å²) in [6.07, 6.45) is 4.17. The van der Waals surface area contributed by atoms with Gasteiger partial charge in [-0.25, -0.2) is 0 Å². The molecule has 23 heavy (non-hydrogen) atoms. The van der Waals surface area contributed by atoms with E-state index in [9.17, 15) is 14.7 Å². The maximum atomic E-state index is 12.6. The number of halogens is 2. The van der Waals surface area contributed by atoms with Crippen molar-refractivity contribution < 1.29 is 14.7 Å². The fourth-order valence-electron chi connectivity index (χ4n) is 3.79. The predicted molar refractivity (Wildman–Crippen MR) is 87.7 cm³/mol. The molecule has 0 radical (unpaired) electrons. The van der Waals surface area contributed by atoms with Gasteiger partial charge in [-0.2, -0.15) is 0 Å². The van der Waals surface area contributed by atoms with Crippen molar-refractivity contribution in [3.05, 3.63) is 27.7 Å². The first-order valence-electron chi connectivity index (χ1n) is 7.57. The number of carbonyl (C=O) groups excluding carboxylic acids is 2. The van der Waals surface area contributed by atoms with Gasteiger partial charge in [-0.05, 0) is 50.7 Å². The van der Waals surface area contributed by atoms with E-state index in [4.69, 9.17) is 28.9 Å². The number of rotatable bonds is 3. The van der Waals surface area contributed by atoms with E-state index < -0.39 is 11.3 Å². The second kappa shape index (κ2) is 5.56. The van der Waals surface area contributed by atoms with Gasteiger partial charge in [0.25, 0.3) is 5.91 Å². The summed E-state index contributed by atoms with van der Waals surface area (Å²) in [5, 5.41) is 13.3. The number of nitrogens with one attached hydrogen (secondary N) is 1. The zero-order chi connectivity index (χ0) is 16.8. The molecule has 0 aromatic heterocycles. The minimum Gasteiger partial charge on any atom is -0.506 e. The quantitative estimate of drug-likeness (QED) is 0.776. The maximum absolute atomic E-state index is 12.6. The summed E-state index contributed by atoms with van der Waals surface area (Å²) in [5.41, 5.74) is 4.84. The van der Waals surface area contributed by atoms with Gasteiger partial charge >= 0.3 is 0 Å². The number of aromatic hydroxyl groups is 1. The van der Waals surface area contributed by atoms with E-state index in [0.717, 1.165) is 0 Å². The predicted octanol–water partition coefficient (Wildman–Crippen LogP) is 3.01. The SMILES string of the molecule is NC(=O)C12CCC(NC(=O)c3cc(Cl)cc(Cl)c3O)(CC1)CC2. The van der Waals surface area contributed by atoms with Crippen LogP contribution in [0.1, 0.15) is 48.9 Å². The average molecular weight is 357 g/mol. The highest BCUT2D eigenvalue weighted by Gasteiger charge is 2.52. The number of nitrogens with two attached hydrogens (primary N) is 1. The largest absolute Gasteiger partial charge is 0.506 e. The lowest BCUT2D eigenvalue weighted by Gasteiger charge is -2.52. The van der Waals surface area contributed by atoms with Crippen LogP contribution in [0.5, 0.6) is 5.75 Å². The van der Waals surface area contributed by atoms with Crippen LogP contribution in [0, 0.1) is 5.41 Å². The Labute approximate surface area is 144 Å². The number of fused-ring (bicyclic) bond motifs is 3. The van der Waals surface area contributed by atoms with E-state index >= 15 is 0 Å². The van der Waals surface area contributed by atoms with Crippen LogP contribution in [0.4, 0.5) is 0 Å². The topological polar surface area (TPSA) is 92.4 Å². The molecule has 0 aliphatic heterocycles. The normalized spacial score (nSPS) is 29.3. The van der Waals surface area contributed by atoms with Crippen LogP contribution in [0.15, 0.2) is 12.1 Å². The molecule has 7 heteroatoms. The zero-order valence-electron chi connectivity index (χ0n) is 12.5. The molecule has 0 saturated heterocycles. The lowest BCUT2D eigenvalue weighted by molar-refractivity contribution is -0.134. The highest BCUT2D eigenvalue weighted by atomic mass is 35.5. The highest BCUT2D eigenvalue weighted by Crippen LogP contribution is 2.52. The van der Waals surface area contributed by atoms with Gasteiger partial charge in [0.2, 0.25) is 5.91 Å². The molecule has 5 nitrogen and oxygen atoms in total. The molecule has 3 aliphatic rings. The van der Waals surface area contributed by atoms with Crippen molar-refractivity contribution in [3.63, 3.8) is 0 Å². The van der Waals surface area contributed by atoms with E-state index in [0.29, 0.717) is 38.5 Å². The highest BCUT2D eigenvalue weighted by molar-refractivity contribution is 6.36. The van der Waals surface area contributed by atoms with Crippen molar-refractivity contribution in [3.8, 4) is 5.75 Å². The number of carbonyl (C=O) groups is 2. The van der Waals surface area contributed by atoms with Crippen LogP contribution in [0.2, 0.25) is 10.0 Å². The number of amides is 2.